The zero-order valence-corrected chi connectivity index (χ0v) is 19.1. The number of nitrogens with one attached hydrogen (secondary N) is 2. The summed E-state index contributed by atoms with van der Waals surface area (Å²) in [5.41, 5.74) is 0.313. The highest BCUT2D eigenvalue weighted by Crippen LogP contribution is 2.29. The number of rotatable bonds is 9. The summed E-state index contributed by atoms with van der Waals surface area (Å²) < 4.78 is 33.1. The van der Waals surface area contributed by atoms with Gasteiger partial charge in [0.1, 0.15) is 5.76 Å². The molecule has 0 saturated carbocycles. The standard InChI is InChI=1S/C19H16N4O4S4/c24-17(21-18-22-23-19(30-18)29-12-15-4-2-10-28-15)13-5-7-16(8-6-13)31(25,26)20-11-14-3-1-9-27-14/h1-10,20H,11-12H2,(H,21,22,24). The number of anilines is 1. The molecule has 0 fully saturated rings. The molecule has 31 heavy (non-hydrogen) atoms. The third-order valence-corrected chi connectivity index (χ3v) is 8.49. The van der Waals surface area contributed by atoms with Crippen LogP contribution >= 0.6 is 34.4 Å². The van der Waals surface area contributed by atoms with Gasteiger partial charge in [-0.3, -0.25) is 10.1 Å². The monoisotopic (exact) mass is 492 g/mol. The van der Waals surface area contributed by atoms with Crippen molar-refractivity contribution in [2.24, 2.45) is 0 Å². The van der Waals surface area contributed by atoms with E-state index in [1.54, 1.807) is 35.2 Å². The lowest BCUT2D eigenvalue weighted by Gasteiger charge is -2.06. The Balaban J connectivity index is 1.34. The third-order valence-electron chi connectivity index (χ3n) is 3.99. The molecule has 4 aromatic rings. The maximum Gasteiger partial charge on any atom is 0.257 e. The highest BCUT2D eigenvalue weighted by atomic mass is 32.2. The number of sulfonamides is 1. The molecule has 4 rings (SSSR count). The number of hydrogen-bond acceptors (Lipinski definition) is 9. The fraction of sp³-hybridized carbons (Fsp3) is 0.105. The Bertz CT molecular complexity index is 1230. The summed E-state index contributed by atoms with van der Waals surface area (Å²) in [6.07, 6.45) is 1.47. The van der Waals surface area contributed by atoms with Gasteiger partial charge in [0, 0.05) is 16.2 Å². The number of thiophene rings is 1. The molecule has 0 aliphatic carbocycles. The predicted molar refractivity (Wildman–Crippen MR) is 121 cm³/mol. The van der Waals surface area contributed by atoms with Crippen molar-refractivity contribution < 1.29 is 17.6 Å². The van der Waals surface area contributed by atoms with E-state index < -0.39 is 15.9 Å². The van der Waals surface area contributed by atoms with Crippen molar-refractivity contribution in [2.75, 3.05) is 5.32 Å². The zero-order chi connectivity index (χ0) is 21.7. The minimum atomic E-state index is -3.72. The Morgan fingerprint density at radius 2 is 1.94 bits per heavy atom. The molecule has 0 aliphatic rings. The van der Waals surface area contributed by atoms with Gasteiger partial charge in [-0.15, -0.1) is 21.5 Å². The summed E-state index contributed by atoms with van der Waals surface area (Å²) in [5.74, 6) is 0.910. The third kappa shape index (κ3) is 5.80. The van der Waals surface area contributed by atoms with Crippen LogP contribution in [0.4, 0.5) is 5.13 Å². The van der Waals surface area contributed by atoms with E-state index in [1.165, 1.54) is 46.7 Å². The average Bonchev–Trinajstić information content (AvgIpc) is 3.54. The summed E-state index contributed by atoms with van der Waals surface area (Å²) in [6, 6.07) is 13.1. The van der Waals surface area contributed by atoms with Gasteiger partial charge in [0.05, 0.1) is 17.7 Å². The molecular weight excluding hydrogens is 477 g/mol. The second kappa shape index (κ2) is 9.75. The number of nitrogens with zero attached hydrogens (tertiary/aromatic N) is 2. The molecule has 2 N–H and O–H groups in total. The van der Waals surface area contributed by atoms with Gasteiger partial charge in [0.25, 0.3) is 5.91 Å². The van der Waals surface area contributed by atoms with E-state index in [0.717, 1.165) is 10.1 Å². The van der Waals surface area contributed by atoms with Gasteiger partial charge in [0.15, 0.2) is 4.34 Å². The van der Waals surface area contributed by atoms with Gasteiger partial charge in [-0.25, -0.2) is 13.1 Å². The molecule has 1 amide bonds. The second-order valence-electron chi connectivity index (χ2n) is 6.12. The topological polar surface area (TPSA) is 114 Å². The first-order valence-electron chi connectivity index (χ1n) is 8.92. The fourth-order valence-corrected chi connectivity index (χ4v) is 5.98. The molecule has 160 valence electrons. The molecule has 0 bridgehead atoms. The van der Waals surface area contributed by atoms with E-state index in [1.807, 2.05) is 11.4 Å². The lowest BCUT2D eigenvalue weighted by atomic mass is 10.2. The lowest BCUT2D eigenvalue weighted by Crippen LogP contribution is -2.23. The van der Waals surface area contributed by atoms with Crippen molar-refractivity contribution >= 4 is 55.5 Å². The van der Waals surface area contributed by atoms with Crippen LogP contribution in [0.5, 0.6) is 0 Å². The summed E-state index contributed by atoms with van der Waals surface area (Å²) in [6.45, 7) is 0.0431. The number of carbonyl (C=O) groups excluding carboxylic acids is 1. The van der Waals surface area contributed by atoms with Gasteiger partial charge in [-0.1, -0.05) is 29.2 Å². The molecule has 0 spiro atoms. The zero-order valence-electron chi connectivity index (χ0n) is 15.8. The first-order chi connectivity index (χ1) is 15.0. The Morgan fingerprint density at radius 3 is 2.65 bits per heavy atom. The molecule has 8 nitrogen and oxygen atoms in total. The largest absolute Gasteiger partial charge is 0.468 e. The van der Waals surface area contributed by atoms with Gasteiger partial charge < -0.3 is 4.42 Å². The van der Waals surface area contributed by atoms with Crippen LogP contribution in [-0.2, 0) is 22.3 Å². The van der Waals surface area contributed by atoms with Crippen molar-refractivity contribution in [2.45, 2.75) is 21.5 Å². The quantitative estimate of drug-likeness (QED) is 0.266. The van der Waals surface area contributed by atoms with Crippen molar-refractivity contribution in [1.82, 2.24) is 14.9 Å². The number of thioether (sulfide) groups is 1. The molecule has 0 unspecified atom stereocenters. The Kier molecular flexibility index (Phi) is 6.83. The van der Waals surface area contributed by atoms with E-state index in [9.17, 15) is 13.2 Å². The van der Waals surface area contributed by atoms with Gasteiger partial charge in [-0.05, 0) is 47.8 Å². The maximum atomic E-state index is 12.5. The van der Waals surface area contributed by atoms with Crippen LogP contribution < -0.4 is 10.0 Å². The minimum absolute atomic E-state index is 0.0431. The fourth-order valence-electron chi connectivity index (χ4n) is 2.46. The molecular formula is C19H16N4O4S4. The molecule has 0 saturated heterocycles. The van der Waals surface area contributed by atoms with Crippen LogP contribution in [0.2, 0.25) is 0 Å². The number of carbonyl (C=O) groups is 1. The number of aromatic nitrogens is 2. The second-order valence-corrected chi connectivity index (χ2v) is 11.1. The first kappa shape index (κ1) is 21.7. The molecule has 3 aromatic heterocycles. The number of furan rings is 1. The van der Waals surface area contributed by atoms with Crippen molar-refractivity contribution in [3.05, 3.63) is 76.4 Å². The summed E-state index contributed by atoms with van der Waals surface area (Å²) in [5, 5.41) is 13.2. The predicted octanol–water partition coefficient (Wildman–Crippen LogP) is 4.22. The highest BCUT2D eigenvalue weighted by molar-refractivity contribution is 8.00. The van der Waals surface area contributed by atoms with Crippen LogP contribution in [0, 0.1) is 0 Å². The average molecular weight is 493 g/mol. The summed E-state index contributed by atoms with van der Waals surface area (Å²) in [4.78, 5) is 13.7. The first-order valence-corrected chi connectivity index (χ1v) is 13.1. The SMILES string of the molecule is O=C(Nc1nnc(SCc2cccs2)s1)c1ccc(S(=O)(=O)NCc2ccco2)cc1. The van der Waals surface area contributed by atoms with Crippen LogP contribution in [0.3, 0.4) is 0 Å². The minimum Gasteiger partial charge on any atom is -0.468 e. The smallest absolute Gasteiger partial charge is 0.257 e. The molecule has 12 heteroatoms. The molecule has 1 aromatic carbocycles. The van der Waals surface area contributed by atoms with Crippen molar-refractivity contribution in [3.8, 4) is 0 Å². The van der Waals surface area contributed by atoms with Crippen LogP contribution in [0.25, 0.3) is 0 Å². The Morgan fingerprint density at radius 1 is 1.10 bits per heavy atom. The molecule has 3 heterocycles. The summed E-state index contributed by atoms with van der Waals surface area (Å²) >= 11 is 4.52. The van der Waals surface area contributed by atoms with Gasteiger partial charge >= 0.3 is 0 Å². The number of hydrogen-bond donors (Lipinski definition) is 2. The van der Waals surface area contributed by atoms with E-state index in [-0.39, 0.29) is 11.4 Å². The molecule has 0 aliphatic heterocycles. The molecule has 0 radical (unpaired) electrons. The van der Waals surface area contributed by atoms with E-state index in [2.05, 4.69) is 26.3 Å². The van der Waals surface area contributed by atoms with Gasteiger partial charge in [-0.2, -0.15) is 0 Å². The highest BCUT2D eigenvalue weighted by Gasteiger charge is 2.16. The Labute approximate surface area is 190 Å². The number of benzene rings is 1. The maximum absolute atomic E-state index is 12.5. The van der Waals surface area contributed by atoms with E-state index >= 15 is 0 Å². The van der Waals surface area contributed by atoms with Crippen LogP contribution in [0.1, 0.15) is 21.0 Å². The summed E-state index contributed by atoms with van der Waals surface area (Å²) in [7, 11) is -3.72. The van der Waals surface area contributed by atoms with E-state index in [4.69, 9.17) is 4.42 Å². The number of amides is 1. The normalized spacial score (nSPS) is 11.5. The Hall–Kier alpha value is -2.51. The van der Waals surface area contributed by atoms with Crippen molar-refractivity contribution in [1.29, 1.82) is 0 Å². The van der Waals surface area contributed by atoms with E-state index in [0.29, 0.717) is 16.5 Å². The van der Waals surface area contributed by atoms with Gasteiger partial charge in [0.2, 0.25) is 15.2 Å². The molecule has 0 atom stereocenters. The lowest BCUT2D eigenvalue weighted by molar-refractivity contribution is 0.102. The van der Waals surface area contributed by atoms with Crippen molar-refractivity contribution in [3.63, 3.8) is 0 Å². The van der Waals surface area contributed by atoms with Crippen LogP contribution in [0.15, 0.2) is 73.8 Å². The van der Waals surface area contributed by atoms with Crippen LogP contribution in [-0.4, -0.2) is 24.5 Å².